The maximum atomic E-state index is 12.1. The number of hydrogen-bond donors (Lipinski definition) is 4. The van der Waals surface area contributed by atoms with Crippen molar-refractivity contribution in [3.8, 4) is 11.5 Å². The zero-order chi connectivity index (χ0) is 29.4. The summed E-state index contributed by atoms with van der Waals surface area (Å²) in [6, 6.07) is 21.7. The van der Waals surface area contributed by atoms with E-state index in [1.54, 1.807) is 24.3 Å². The minimum absolute atomic E-state index is 0.00357. The van der Waals surface area contributed by atoms with E-state index in [4.69, 9.17) is 21.7 Å². The fourth-order valence-corrected chi connectivity index (χ4v) is 6.42. The molecule has 2 atom stereocenters. The largest absolute Gasteiger partial charge is 0.507 e. The van der Waals surface area contributed by atoms with Crippen LogP contribution in [0, 0.1) is 5.41 Å². The van der Waals surface area contributed by atoms with Crippen molar-refractivity contribution in [1.29, 1.82) is 5.41 Å². The minimum Gasteiger partial charge on any atom is -0.507 e. The molecule has 0 bridgehead atoms. The van der Waals surface area contributed by atoms with E-state index in [1.807, 2.05) is 60.8 Å². The molecule has 1 heterocycles. The normalized spacial score (nSPS) is 12.6. The van der Waals surface area contributed by atoms with Gasteiger partial charge in [-0.1, -0.05) is 85.6 Å². The lowest BCUT2D eigenvalue weighted by Crippen LogP contribution is -2.12. The second kappa shape index (κ2) is 14.3. The lowest BCUT2D eigenvalue weighted by atomic mass is 9.95. The van der Waals surface area contributed by atoms with Crippen LogP contribution in [-0.4, -0.2) is 33.6 Å². The van der Waals surface area contributed by atoms with E-state index >= 15 is 0 Å². The number of aliphatic hydroxyl groups excluding tert-OH is 1. The molecule has 0 spiro atoms. The summed E-state index contributed by atoms with van der Waals surface area (Å²) in [5, 5.41) is 42.5. The van der Waals surface area contributed by atoms with Crippen LogP contribution < -0.4 is 4.74 Å². The van der Waals surface area contributed by atoms with Gasteiger partial charge in [0.05, 0.1) is 17.7 Å². The summed E-state index contributed by atoms with van der Waals surface area (Å²) in [5.74, 6) is -1.19. The summed E-state index contributed by atoms with van der Waals surface area (Å²) >= 11 is 8.01. The maximum absolute atomic E-state index is 12.1. The molecular weight excluding hydrogens is 558 g/mol. The van der Waals surface area contributed by atoms with E-state index in [-0.39, 0.29) is 12.2 Å². The molecule has 0 saturated heterocycles. The molecule has 214 valence electrons. The molecule has 4 N–H and O–H groups in total. The molecule has 8 heteroatoms. The Morgan fingerprint density at radius 1 is 1.02 bits per heavy atom. The average Bonchev–Trinajstić information content (AvgIpc) is 3.32. The molecule has 0 fully saturated rings. The first kappa shape index (κ1) is 30.3. The third kappa shape index (κ3) is 7.36. The average molecular weight is 592 g/mol. The number of carboxylic acid groups (broad SMARTS) is 1. The van der Waals surface area contributed by atoms with Crippen molar-refractivity contribution in [3.63, 3.8) is 0 Å². The third-order valence-electron chi connectivity index (χ3n) is 6.97. The Bertz CT molecular complexity index is 1470. The van der Waals surface area contributed by atoms with Crippen LogP contribution in [0.4, 0.5) is 0 Å². The fourth-order valence-electron chi connectivity index (χ4n) is 4.85. The van der Waals surface area contributed by atoms with Crippen LogP contribution >= 0.6 is 22.9 Å². The van der Waals surface area contributed by atoms with Crippen LogP contribution in [-0.2, 0) is 17.6 Å². The first-order valence-electron chi connectivity index (χ1n) is 13.6. The number of halogens is 1. The van der Waals surface area contributed by atoms with Gasteiger partial charge < -0.3 is 25.5 Å². The van der Waals surface area contributed by atoms with Gasteiger partial charge in [0, 0.05) is 28.1 Å². The molecule has 0 amide bonds. The summed E-state index contributed by atoms with van der Waals surface area (Å²) in [4.78, 5) is 12.7. The number of hydrogen-bond acceptors (Lipinski definition) is 6. The van der Waals surface area contributed by atoms with Gasteiger partial charge in [-0.15, -0.1) is 11.3 Å². The van der Waals surface area contributed by atoms with Gasteiger partial charge in [-0.2, -0.15) is 0 Å². The van der Waals surface area contributed by atoms with Crippen LogP contribution in [0.3, 0.4) is 0 Å². The molecule has 2 unspecified atom stereocenters. The van der Waals surface area contributed by atoms with E-state index in [0.29, 0.717) is 63.9 Å². The molecule has 0 saturated carbocycles. The van der Waals surface area contributed by atoms with E-state index in [2.05, 4.69) is 0 Å². The van der Waals surface area contributed by atoms with Gasteiger partial charge in [-0.3, -0.25) is 4.79 Å². The van der Waals surface area contributed by atoms with Gasteiger partial charge in [-0.25, -0.2) is 0 Å². The molecule has 6 nitrogen and oxygen atoms in total. The number of benzene rings is 3. The van der Waals surface area contributed by atoms with Crippen molar-refractivity contribution in [2.75, 3.05) is 6.61 Å². The number of nitrogens with one attached hydrogen (secondary N) is 1. The predicted octanol–water partition coefficient (Wildman–Crippen LogP) is 7.78. The Kier molecular flexibility index (Phi) is 10.6. The van der Waals surface area contributed by atoms with Crippen LogP contribution in [0.5, 0.6) is 11.5 Å². The second-order valence-corrected chi connectivity index (χ2v) is 11.2. The SMILES string of the molecule is CCCc1c(OCCCc2csc(C(C(=O)O)c3ccccc3)c2Cl)ccc(C(O)CC(=N)c2ccccc2)c1O. The number of thiophene rings is 1. The van der Waals surface area contributed by atoms with Crippen molar-refractivity contribution >= 4 is 34.6 Å². The van der Waals surface area contributed by atoms with Crippen molar-refractivity contribution in [1.82, 2.24) is 0 Å². The smallest absolute Gasteiger partial charge is 0.316 e. The first-order chi connectivity index (χ1) is 19.8. The Hall–Kier alpha value is -3.65. The topological polar surface area (TPSA) is 111 Å². The predicted molar refractivity (Wildman–Crippen MR) is 164 cm³/mol. The van der Waals surface area contributed by atoms with Crippen LogP contribution in [0.25, 0.3) is 0 Å². The molecule has 0 aliphatic heterocycles. The van der Waals surface area contributed by atoms with Gasteiger partial charge in [-0.05, 0) is 53.5 Å². The van der Waals surface area contributed by atoms with E-state index in [9.17, 15) is 20.1 Å². The number of phenolic OH excluding ortho intramolecular Hbond substituents is 1. The zero-order valence-electron chi connectivity index (χ0n) is 22.8. The molecule has 4 aromatic rings. The number of aromatic hydroxyl groups is 1. The highest BCUT2D eigenvalue weighted by atomic mass is 35.5. The molecule has 0 aliphatic rings. The Labute approximate surface area is 249 Å². The monoisotopic (exact) mass is 591 g/mol. The van der Waals surface area contributed by atoms with Gasteiger partial charge in [0.25, 0.3) is 0 Å². The molecule has 41 heavy (non-hydrogen) atoms. The molecule has 1 aromatic heterocycles. The summed E-state index contributed by atoms with van der Waals surface area (Å²) in [7, 11) is 0. The van der Waals surface area contributed by atoms with E-state index in [1.165, 1.54) is 11.3 Å². The van der Waals surface area contributed by atoms with Crippen LogP contribution in [0.1, 0.15) is 70.9 Å². The lowest BCUT2D eigenvalue weighted by Gasteiger charge is -2.19. The van der Waals surface area contributed by atoms with Crippen LogP contribution in [0.15, 0.2) is 78.2 Å². The van der Waals surface area contributed by atoms with Gasteiger partial charge in [0.1, 0.15) is 17.4 Å². The lowest BCUT2D eigenvalue weighted by molar-refractivity contribution is -0.137. The van der Waals surface area contributed by atoms with Crippen molar-refractivity contribution in [3.05, 3.63) is 116 Å². The molecular formula is C33H34ClNO5S. The standard InChI is InChI=1S/C33H34ClNO5S/c1-2-10-25-28(17-16-24(31(25)37)27(36)19-26(35)21-11-5-3-6-12-21)40-18-9-15-23-20-41-32(30(23)34)29(33(38)39)22-13-7-4-8-14-22/h3-8,11-14,16-17,20,27,29,35-37H,2,9-10,15,18-19H2,1H3,(H,38,39). The summed E-state index contributed by atoms with van der Waals surface area (Å²) < 4.78 is 6.06. The number of aliphatic hydroxyl groups is 1. The number of carboxylic acids is 1. The van der Waals surface area contributed by atoms with E-state index < -0.39 is 18.0 Å². The van der Waals surface area contributed by atoms with E-state index in [0.717, 1.165) is 17.5 Å². The Morgan fingerprint density at radius 3 is 2.37 bits per heavy atom. The van der Waals surface area contributed by atoms with Crippen LogP contribution in [0.2, 0.25) is 5.02 Å². The van der Waals surface area contributed by atoms with Gasteiger partial charge >= 0.3 is 5.97 Å². The molecule has 4 rings (SSSR count). The highest BCUT2D eigenvalue weighted by Gasteiger charge is 2.27. The Morgan fingerprint density at radius 2 is 1.71 bits per heavy atom. The zero-order valence-corrected chi connectivity index (χ0v) is 24.4. The number of phenols is 1. The molecule has 3 aromatic carbocycles. The number of aryl methyl sites for hydroxylation is 1. The second-order valence-electron chi connectivity index (χ2n) is 9.87. The molecule has 0 radical (unpaired) electrons. The van der Waals surface area contributed by atoms with Gasteiger partial charge in [0.15, 0.2) is 0 Å². The summed E-state index contributed by atoms with van der Waals surface area (Å²) in [6.07, 6.45) is 1.68. The van der Waals surface area contributed by atoms with Gasteiger partial charge in [0.2, 0.25) is 0 Å². The third-order valence-corrected chi connectivity index (χ3v) is 8.62. The summed E-state index contributed by atoms with van der Waals surface area (Å²) in [5.41, 5.74) is 3.62. The highest BCUT2D eigenvalue weighted by Crippen LogP contribution is 2.39. The van der Waals surface area contributed by atoms with Crippen molar-refractivity contribution < 1.29 is 24.9 Å². The Balaban J connectivity index is 1.40. The van der Waals surface area contributed by atoms with Crippen molar-refractivity contribution in [2.45, 2.75) is 51.0 Å². The number of rotatable bonds is 14. The number of ether oxygens (including phenoxy) is 1. The van der Waals surface area contributed by atoms with Crippen molar-refractivity contribution in [2.24, 2.45) is 0 Å². The molecule has 0 aliphatic carbocycles. The fraction of sp³-hybridized carbons (Fsp3) is 0.273. The first-order valence-corrected chi connectivity index (χ1v) is 14.9. The number of carbonyl (C=O) groups is 1. The number of aliphatic carboxylic acids is 1. The minimum atomic E-state index is -1.02. The quantitative estimate of drug-likeness (QED) is 0.0884. The summed E-state index contributed by atoms with van der Waals surface area (Å²) in [6.45, 7) is 2.38. The maximum Gasteiger partial charge on any atom is 0.316 e. The highest BCUT2D eigenvalue weighted by molar-refractivity contribution is 7.11.